The van der Waals surface area contributed by atoms with Gasteiger partial charge in [-0.05, 0) is 18.2 Å². The van der Waals surface area contributed by atoms with E-state index in [0.717, 1.165) is 11.6 Å². The van der Waals surface area contributed by atoms with E-state index in [1.54, 1.807) is 12.3 Å². The van der Waals surface area contributed by atoms with Gasteiger partial charge in [0.15, 0.2) is 0 Å². The first kappa shape index (κ1) is 15.7. The number of aromatic nitrogens is 3. The summed E-state index contributed by atoms with van der Waals surface area (Å²) in [4.78, 5) is 12.9. The highest BCUT2D eigenvalue weighted by molar-refractivity contribution is 7.15. The molecule has 1 aromatic carbocycles. The average molecular weight is 357 g/mol. The van der Waals surface area contributed by atoms with E-state index in [1.807, 2.05) is 30.3 Å². The highest BCUT2D eigenvalue weighted by atomic mass is 32.1. The minimum absolute atomic E-state index is 0.408. The summed E-state index contributed by atoms with van der Waals surface area (Å²) < 4.78 is 38.5. The predicted octanol–water partition coefficient (Wildman–Crippen LogP) is 5.44. The van der Waals surface area contributed by atoms with Gasteiger partial charge >= 0.3 is 6.18 Å². The van der Waals surface area contributed by atoms with Crippen molar-refractivity contribution in [2.24, 2.45) is 0 Å². The number of rotatable bonds is 2. The minimum atomic E-state index is -4.36. The molecule has 3 nitrogen and oxygen atoms in total. The Morgan fingerprint density at radius 1 is 0.880 bits per heavy atom. The van der Waals surface area contributed by atoms with Crippen molar-refractivity contribution in [2.45, 2.75) is 6.18 Å². The molecule has 25 heavy (non-hydrogen) atoms. The lowest BCUT2D eigenvalue weighted by Crippen LogP contribution is -2.00. The van der Waals surface area contributed by atoms with Gasteiger partial charge in [-0.15, -0.1) is 11.3 Å². The van der Waals surface area contributed by atoms with Gasteiger partial charge in [0, 0.05) is 11.8 Å². The van der Waals surface area contributed by atoms with Crippen LogP contribution < -0.4 is 0 Å². The molecule has 3 aromatic heterocycles. The Balaban J connectivity index is 1.82. The number of benzene rings is 1. The number of thiophene rings is 1. The molecule has 0 radical (unpaired) electrons. The molecule has 124 valence electrons. The van der Waals surface area contributed by atoms with Crippen LogP contribution in [0.3, 0.4) is 0 Å². The Morgan fingerprint density at radius 2 is 1.68 bits per heavy atom. The topological polar surface area (TPSA) is 38.7 Å². The number of hydrogen-bond donors (Lipinski definition) is 0. The quantitative estimate of drug-likeness (QED) is 0.479. The van der Waals surface area contributed by atoms with Crippen molar-refractivity contribution in [3.63, 3.8) is 0 Å². The number of alkyl halides is 3. The van der Waals surface area contributed by atoms with Crippen LogP contribution in [0.15, 0.2) is 60.9 Å². The third kappa shape index (κ3) is 2.98. The first-order valence-electron chi connectivity index (χ1n) is 7.37. The maximum absolute atomic E-state index is 12.8. The summed E-state index contributed by atoms with van der Waals surface area (Å²) in [7, 11) is 0. The van der Waals surface area contributed by atoms with Crippen molar-refractivity contribution >= 4 is 22.4 Å². The van der Waals surface area contributed by atoms with Crippen LogP contribution in [0, 0.1) is 0 Å². The molecular weight excluding hydrogens is 347 g/mol. The maximum atomic E-state index is 12.8. The Labute approximate surface area is 144 Å². The molecule has 0 bridgehead atoms. The first-order chi connectivity index (χ1) is 12.0. The van der Waals surface area contributed by atoms with E-state index in [1.165, 1.54) is 12.3 Å². The molecule has 0 fully saturated rings. The molecule has 0 aliphatic heterocycles. The third-order valence-corrected chi connectivity index (χ3v) is 4.78. The summed E-state index contributed by atoms with van der Waals surface area (Å²) in [6.07, 6.45) is -1.21. The van der Waals surface area contributed by atoms with Crippen LogP contribution in [-0.2, 0) is 6.18 Å². The van der Waals surface area contributed by atoms with Gasteiger partial charge in [0.25, 0.3) is 0 Å². The number of hydrogen-bond acceptors (Lipinski definition) is 4. The molecule has 4 aromatic rings. The van der Waals surface area contributed by atoms with Crippen molar-refractivity contribution in [2.75, 3.05) is 0 Å². The Morgan fingerprint density at radius 3 is 2.40 bits per heavy atom. The molecule has 0 aliphatic carbocycles. The minimum Gasteiger partial charge on any atom is -0.253 e. The molecule has 0 unspecified atom stereocenters. The molecule has 0 saturated carbocycles. The van der Waals surface area contributed by atoms with Crippen molar-refractivity contribution in [3.8, 4) is 21.8 Å². The fourth-order valence-corrected chi connectivity index (χ4v) is 3.36. The Bertz CT molecular complexity index is 1040. The zero-order chi connectivity index (χ0) is 17.4. The van der Waals surface area contributed by atoms with Crippen LogP contribution in [-0.4, -0.2) is 15.0 Å². The highest BCUT2D eigenvalue weighted by Crippen LogP contribution is 2.39. The highest BCUT2D eigenvalue weighted by Gasteiger charge is 2.32. The normalized spacial score (nSPS) is 11.8. The average Bonchev–Trinajstić information content (AvgIpc) is 3.12. The van der Waals surface area contributed by atoms with Crippen LogP contribution in [0.25, 0.3) is 32.9 Å². The Hall–Kier alpha value is -2.80. The maximum Gasteiger partial charge on any atom is 0.425 e. The lowest BCUT2D eigenvalue weighted by atomic mass is 10.1. The van der Waals surface area contributed by atoms with Gasteiger partial charge in [-0.25, -0.2) is 9.97 Å². The van der Waals surface area contributed by atoms with Crippen molar-refractivity contribution < 1.29 is 13.2 Å². The van der Waals surface area contributed by atoms with Crippen LogP contribution in [0.4, 0.5) is 13.2 Å². The van der Waals surface area contributed by atoms with Crippen LogP contribution in [0.1, 0.15) is 4.88 Å². The van der Waals surface area contributed by atoms with Gasteiger partial charge in [0.05, 0.1) is 22.3 Å². The van der Waals surface area contributed by atoms with Crippen LogP contribution in [0.5, 0.6) is 0 Å². The molecule has 0 N–H and O–H groups in total. The number of halogens is 3. The summed E-state index contributed by atoms with van der Waals surface area (Å²) in [5, 5.41) is 0. The van der Waals surface area contributed by atoms with E-state index in [2.05, 4.69) is 15.0 Å². The summed E-state index contributed by atoms with van der Waals surface area (Å²) >= 11 is 0.653. The third-order valence-electron chi connectivity index (χ3n) is 3.65. The Kier molecular flexibility index (Phi) is 3.73. The second kappa shape index (κ2) is 5.93. The molecule has 0 amide bonds. The molecular formula is C18H10F3N3S. The molecule has 0 saturated heterocycles. The molecule has 0 spiro atoms. The molecule has 0 atom stereocenters. The van der Waals surface area contributed by atoms with Gasteiger partial charge in [-0.2, -0.15) is 13.2 Å². The van der Waals surface area contributed by atoms with Crippen LogP contribution in [0.2, 0.25) is 0 Å². The summed E-state index contributed by atoms with van der Waals surface area (Å²) in [5.74, 6) is 0. The van der Waals surface area contributed by atoms with Gasteiger partial charge in [-0.1, -0.05) is 30.3 Å². The van der Waals surface area contributed by atoms with E-state index in [4.69, 9.17) is 0 Å². The summed E-state index contributed by atoms with van der Waals surface area (Å²) in [6, 6.07) is 13.8. The molecule has 4 rings (SSSR count). The van der Waals surface area contributed by atoms with Crippen LogP contribution >= 0.6 is 11.3 Å². The van der Waals surface area contributed by atoms with Crippen molar-refractivity contribution in [1.29, 1.82) is 0 Å². The SMILES string of the molecule is FC(F)(F)c1ccc(-c2nccc3nc(-c4ccccc4)cnc23)s1. The van der Waals surface area contributed by atoms with Gasteiger partial charge in [-0.3, -0.25) is 4.98 Å². The van der Waals surface area contributed by atoms with E-state index in [-0.39, 0.29) is 0 Å². The predicted molar refractivity (Wildman–Crippen MR) is 91.1 cm³/mol. The fourth-order valence-electron chi connectivity index (χ4n) is 2.49. The lowest BCUT2D eigenvalue weighted by Gasteiger charge is -2.05. The van der Waals surface area contributed by atoms with Gasteiger partial charge < -0.3 is 0 Å². The van der Waals surface area contributed by atoms with Gasteiger partial charge in [0.1, 0.15) is 16.1 Å². The number of nitrogens with zero attached hydrogens (tertiary/aromatic N) is 3. The van der Waals surface area contributed by atoms with Gasteiger partial charge in [0.2, 0.25) is 0 Å². The fraction of sp³-hybridized carbons (Fsp3) is 0.0556. The van der Waals surface area contributed by atoms with E-state index in [9.17, 15) is 13.2 Å². The zero-order valence-corrected chi connectivity index (χ0v) is 13.5. The van der Waals surface area contributed by atoms with E-state index >= 15 is 0 Å². The molecule has 3 heterocycles. The zero-order valence-electron chi connectivity index (χ0n) is 12.7. The van der Waals surface area contributed by atoms with E-state index in [0.29, 0.717) is 38.6 Å². The summed E-state index contributed by atoms with van der Waals surface area (Å²) in [6.45, 7) is 0. The molecule has 7 heteroatoms. The largest absolute Gasteiger partial charge is 0.425 e. The van der Waals surface area contributed by atoms with Crippen molar-refractivity contribution in [1.82, 2.24) is 15.0 Å². The number of fused-ring (bicyclic) bond motifs is 1. The first-order valence-corrected chi connectivity index (χ1v) is 8.18. The number of pyridine rings is 1. The van der Waals surface area contributed by atoms with E-state index < -0.39 is 11.1 Å². The second-order valence-electron chi connectivity index (χ2n) is 5.31. The summed E-state index contributed by atoms with van der Waals surface area (Å²) in [5.41, 5.74) is 3.11. The molecule has 0 aliphatic rings. The standard InChI is InChI=1S/C18H10F3N3S/c19-18(20,21)15-7-6-14(25-15)17-16-12(8-9-22-17)24-13(10-23-16)11-4-2-1-3-5-11/h1-10H. The monoisotopic (exact) mass is 357 g/mol. The van der Waals surface area contributed by atoms with Crippen molar-refractivity contribution in [3.05, 3.63) is 65.8 Å². The smallest absolute Gasteiger partial charge is 0.253 e. The lowest BCUT2D eigenvalue weighted by molar-refractivity contribution is -0.134. The second-order valence-corrected chi connectivity index (χ2v) is 6.39.